The maximum atomic E-state index is 11.9. The van der Waals surface area contributed by atoms with Crippen molar-refractivity contribution in [2.45, 2.75) is 40.3 Å². The Morgan fingerprint density at radius 3 is 2.43 bits per heavy atom. The molecule has 2 aromatic rings. The first-order valence-corrected chi connectivity index (χ1v) is 7.74. The van der Waals surface area contributed by atoms with Gasteiger partial charge in [-0.3, -0.25) is 4.79 Å². The molecule has 0 aromatic heterocycles. The molecule has 0 aliphatic heterocycles. The van der Waals surface area contributed by atoms with Crippen LogP contribution in [0, 0.1) is 5.41 Å². The van der Waals surface area contributed by atoms with Crippen LogP contribution >= 0.6 is 0 Å². The summed E-state index contributed by atoms with van der Waals surface area (Å²) in [7, 11) is 0. The Labute approximate surface area is 136 Å². The van der Waals surface area contributed by atoms with Crippen molar-refractivity contribution >= 4 is 22.6 Å². The van der Waals surface area contributed by atoms with Crippen molar-refractivity contribution in [3.63, 3.8) is 0 Å². The van der Waals surface area contributed by atoms with Crippen LogP contribution in [0.5, 0.6) is 0 Å². The van der Waals surface area contributed by atoms with Gasteiger partial charge in [-0.15, -0.1) is 0 Å². The molecule has 0 unspecified atom stereocenters. The summed E-state index contributed by atoms with van der Waals surface area (Å²) in [5.74, 6) is -1.55. The van der Waals surface area contributed by atoms with Crippen LogP contribution in [-0.2, 0) is 20.9 Å². The molecule has 1 atom stereocenters. The molecule has 122 valence electrons. The van der Waals surface area contributed by atoms with E-state index in [-0.39, 0.29) is 11.5 Å². The molecule has 2 aromatic carbocycles. The number of amides is 1. The fraction of sp³-hybridized carbons (Fsp3) is 0.368. The van der Waals surface area contributed by atoms with Crippen molar-refractivity contribution in [3.05, 3.63) is 48.0 Å². The Hall–Kier alpha value is -2.36. The van der Waals surface area contributed by atoms with Crippen LogP contribution in [0.2, 0.25) is 0 Å². The summed E-state index contributed by atoms with van der Waals surface area (Å²) in [6, 6.07) is 13.8. The van der Waals surface area contributed by atoms with Gasteiger partial charge in [-0.1, -0.05) is 63.2 Å². The summed E-state index contributed by atoms with van der Waals surface area (Å²) in [5.41, 5.74) is 0.763. The highest BCUT2D eigenvalue weighted by atomic mass is 16.5. The molecule has 1 N–H and O–H groups in total. The van der Waals surface area contributed by atoms with Crippen molar-refractivity contribution in [2.24, 2.45) is 5.41 Å². The van der Waals surface area contributed by atoms with Gasteiger partial charge in [-0.25, -0.2) is 4.79 Å². The van der Waals surface area contributed by atoms with E-state index in [1.54, 1.807) is 6.92 Å². The smallest absolute Gasteiger partial charge is 0.397 e. The number of carbonyl (C=O) groups is 2. The Morgan fingerprint density at radius 1 is 1.09 bits per heavy atom. The van der Waals surface area contributed by atoms with Crippen LogP contribution in [0.4, 0.5) is 0 Å². The van der Waals surface area contributed by atoms with Gasteiger partial charge < -0.3 is 10.1 Å². The molecule has 0 radical (unpaired) electrons. The van der Waals surface area contributed by atoms with Gasteiger partial charge in [0.1, 0.15) is 6.10 Å². The summed E-state index contributed by atoms with van der Waals surface area (Å²) < 4.78 is 5.20. The highest BCUT2D eigenvalue weighted by molar-refractivity contribution is 6.32. The lowest BCUT2D eigenvalue weighted by Crippen LogP contribution is -2.37. The first-order valence-electron chi connectivity index (χ1n) is 7.74. The summed E-state index contributed by atoms with van der Waals surface area (Å²) in [6.45, 7) is 7.95. The fourth-order valence-electron chi connectivity index (χ4n) is 2.09. The molecule has 4 nitrogen and oxygen atoms in total. The first-order chi connectivity index (χ1) is 10.8. The summed E-state index contributed by atoms with van der Waals surface area (Å²) in [6.07, 6.45) is -0.335. The number of hydrogen-bond acceptors (Lipinski definition) is 3. The Kier molecular flexibility index (Phi) is 5.04. The monoisotopic (exact) mass is 313 g/mol. The third-order valence-electron chi connectivity index (χ3n) is 4.01. The molecular weight excluding hydrogens is 290 g/mol. The molecule has 2 rings (SSSR count). The number of rotatable bonds is 3. The van der Waals surface area contributed by atoms with Gasteiger partial charge >= 0.3 is 11.9 Å². The van der Waals surface area contributed by atoms with Crippen LogP contribution in [-0.4, -0.2) is 18.0 Å². The SMILES string of the molecule is C[C@@H](OC(=O)C(=O)NCc1cccc2ccccc12)C(C)(C)C. The largest absolute Gasteiger partial charge is 0.455 e. The van der Waals surface area contributed by atoms with E-state index in [0.29, 0.717) is 6.54 Å². The van der Waals surface area contributed by atoms with Crippen LogP contribution in [0.3, 0.4) is 0 Å². The minimum absolute atomic E-state index is 0.203. The second-order valence-corrected chi connectivity index (χ2v) is 6.73. The number of esters is 1. The maximum absolute atomic E-state index is 11.9. The Bertz CT molecular complexity index is 711. The zero-order chi connectivity index (χ0) is 17.0. The summed E-state index contributed by atoms with van der Waals surface area (Å²) in [4.78, 5) is 23.8. The minimum atomic E-state index is -0.840. The van der Waals surface area contributed by atoms with E-state index in [4.69, 9.17) is 4.74 Å². The van der Waals surface area contributed by atoms with Crippen molar-refractivity contribution in [1.29, 1.82) is 0 Å². The molecular formula is C19H23NO3. The summed E-state index contributed by atoms with van der Waals surface area (Å²) >= 11 is 0. The number of ether oxygens (including phenoxy) is 1. The average molecular weight is 313 g/mol. The van der Waals surface area contributed by atoms with Gasteiger partial charge in [-0.2, -0.15) is 0 Å². The van der Waals surface area contributed by atoms with Gasteiger partial charge in [-0.05, 0) is 28.7 Å². The molecule has 23 heavy (non-hydrogen) atoms. The zero-order valence-electron chi connectivity index (χ0n) is 14.1. The standard InChI is InChI=1S/C19H23NO3/c1-13(19(2,3)4)23-18(22)17(21)20-12-15-10-7-9-14-8-5-6-11-16(14)15/h5-11,13H,12H2,1-4H3,(H,20,21)/t13-/m1/s1. The molecule has 0 aliphatic rings. The Morgan fingerprint density at radius 2 is 1.74 bits per heavy atom. The molecule has 0 fully saturated rings. The van der Waals surface area contributed by atoms with Gasteiger partial charge in [0.05, 0.1) is 0 Å². The normalized spacial score (nSPS) is 12.7. The maximum Gasteiger partial charge on any atom is 0.397 e. The zero-order valence-corrected chi connectivity index (χ0v) is 14.1. The van der Waals surface area contributed by atoms with Gasteiger partial charge in [0, 0.05) is 6.54 Å². The molecule has 1 amide bonds. The molecule has 0 heterocycles. The third-order valence-corrected chi connectivity index (χ3v) is 4.01. The predicted octanol–water partition coefficient (Wildman–Crippen LogP) is 3.43. The van der Waals surface area contributed by atoms with Crippen molar-refractivity contribution in [3.8, 4) is 0 Å². The van der Waals surface area contributed by atoms with E-state index in [1.165, 1.54) is 0 Å². The molecule has 0 saturated carbocycles. The quantitative estimate of drug-likeness (QED) is 0.697. The lowest BCUT2D eigenvalue weighted by atomic mass is 9.90. The first kappa shape index (κ1) is 17.0. The fourth-order valence-corrected chi connectivity index (χ4v) is 2.09. The van der Waals surface area contributed by atoms with E-state index in [9.17, 15) is 9.59 Å². The van der Waals surface area contributed by atoms with E-state index in [1.807, 2.05) is 63.2 Å². The molecule has 4 heteroatoms. The van der Waals surface area contributed by atoms with E-state index in [0.717, 1.165) is 16.3 Å². The summed E-state index contributed by atoms with van der Waals surface area (Å²) in [5, 5.41) is 4.80. The lowest BCUT2D eigenvalue weighted by molar-refractivity contribution is -0.162. The van der Waals surface area contributed by atoms with Crippen LogP contribution in [0.1, 0.15) is 33.3 Å². The number of fused-ring (bicyclic) bond motifs is 1. The van der Waals surface area contributed by atoms with Gasteiger partial charge in [0.25, 0.3) is 0 Å². The number of nitrogens with one attached hydrogen (secondary N) is 1. The van der Waals surface area contributed by atoms with Crippen molar-refractivity contribution in [1.82, 2.24) is 5.32 Å². The van der Waals surface area contributed by atoms with E-state index >= 15 is 0 Å². The van der Waals surface area contributed by atoms with Crippen LogP contribution in [0.15, 0.2) is 42.5 Å². The minimum Gasteiger partial charge on any atom is -0.455 e. The molecule has 0 aliphatic carbocycles. The van der Waals surface area contributed by atoms with E-state index < -0.39 is 11.9 Å². The van der Waals surface area contributed by atoms with E-state index in [2.05, 4.69) is 5.32 Å². The van der Waals surface area contributed by atoms with Crippen LogP contribution < -0.4 is 5.32 Å². The van der Waals surface area contributed by atoms with Gasteiger partial charge in [0.15, 0.2) is 0 Å². The second-order valence-electron chi connectivity index (χ2n) is 6.73. The topological polar surface area (TPSA) is 55.4 Å². The van der Waals surface area contributed by atoms with Gasteiger partial charge in [0.2, 0.25) is 0 Å². The number of benzene rings is 2. The second kappa shape index (κ2) is 6.82. The van der Waals surface area contributed by atoms with Crippen LogP contribution in [0.25, 0.3) is 10.8 Å². The average Bonchev–Trinajstić information content (AvgIpc) is 2.51. The predicted molar refractivity (Wildman–Crippen MR) is 90.8 cm³/mol. The molecule has 0 spiro atoms. The number of hydrogen-bond donors (Lipinski definition) is 1. The van der Waals surface area contributed by atoms with Crippen molar-refractivity contribution < 1.29 is 14.3 Å². The van der Waals surface area contributed by atoms with Crippen molar-refractivity contribution in [2.75, 3.05) is 0 Å². The number of carbonyl (C=O) groups excluding carboxylic acids is 2. The lowest BCUT2D eigenvalue weighted by Gasteiger charge is -2.26. The highest BCUT2D eigenvalue weighted by Gasteiger charge is 2.26. The third kappa shape index (κ3) is 4.31. The highest BCUT2D eigenvalue weighted by Crippen LogP contribution is 2.22. The molecule has 0 bridgehead atoms. The molecule has 0 saturated heterocycles. The Balaban J connectivity index is 2.00.